The summed E-state index contributed by atoms with van der Waals surface area (Å²) in [6.07, 6.45) is 1.51. The first kappa shape index (κ1) is 16.7. The zero-order chi connectivity index (χ0) is 15.7. The summed E-state index contributed by atoms with van der Waals surface area (Å²) < 4.78 is 5.34. The molecule has 1 rings (SSSR count). The number of carboxylic acid groups (broad SMARTS) is 2. The van der Waals surface area contributed by atoms with Gasteiger partial charge < -0.3 is 20.3 Å². The van der Waals surface area contributed by atoms with Crippen LogP contribution in [0, 0.1) is 0 Å². The molecule has 0 fully saturated rings. The Hall–Kier alpha value is -2.34. The van der Waals surface area contributed by atoms with Crippen LogP contribution in [0.2, 0.25) is 0 Å². The molecule has 6 heteroatoms. The molecule has 0 saturated carbocycles. The number of nitrogens with one attached hydrogen (secondary N) is 1. The van der Waals surface area contributed by atoms with Crippen LogP contribution in [0.4, 0.5) is 0 Å². The maximum Gasteiger partial charge on any atom is 0.320 e. The number of aliphatic carboxylic acids is 2. The van der Waals surface area contributed by atoms with Gasteiger partial charge in [-0.3, -0.25) is 9.59 Å². The quantitative estimate of drug-likeness (QED) is 0.568. The molecule has 0 aliphatic rings. The predicted molar refractivity (Wildman–Crippen MR) is 77.3 cm³/mol. The monoisotopic (exact) mass is 293 g/mol. The normalized spacial score (nSPS) is 11.6. The van der Waals surface area contributed by atoms with Crippen molar-refractivity contribution in [1.82, 2.24) is 5.32 Å². The Morgan fingerprint density at radius 3 is 2.48 bits per heavy atom. The van der Waals surface area contributed by atoms with Crippen molar-refractivity contribution in [3.8, 4) is 5.75 Å². The number of hydrogen-bond donors (Lipinski definition) is 3. The van der Waals surface area contributed by atoms with E-state index in [1.165, 1.54) is 0 Å². The Bertz CT molecular complexity index is 483. The molecule has 1 aromatic carbocycles. The molecule has 21 heavy (non-hydrogen) atoms. The Morgan fingerprint density at radius 2 is 1.95 bits per heavy atom. The number of carboxylic acids is 2. The van der Waals surface area contributed by atoms with E-state index in [1.54, 1.807) is 18.2 Å². The fourth-order valence-electron chi connectivity index (χ4n) is 1.68. The number of hydrogen-bond acceptors (Lipinski definition) is 4. The standard InChI is InChI=1S/C15H19NO5/c1-2-9-21-12-5-3-11(4-6-12)10-16-13(15(19)20)7-8-14(17)18/h2-6,13,16H,1,7-10H2,(H,17,18)(H,19,20)/t13-/m0/s1. The van der Waals surface area contributed by atoms with Crippen molar-refractivity contribution in [2.24, 2.45) is 0 Å². The van der Waals surface area contributed by atoms with E-state index in [1.807, 2.05) is 12.1 Å². The van der Waals surface area contributed by atoms with Gasteiger partial charge in [0.05, 0.1) is 0 Å². The fraction of sp³-hybridized carbons (Fsp3) is 0.333. The van der Waals surface area contributed by atoms with Crippen molar-refractivity contribution in [3.05, 3.63) is 42.5 Å². The fourth-order valence-corrected chi connectivity index (χ4v) is 1.68. The largest absolute Gasteiger partial charge is 0.490 e. The Kier molecular flexibility index (Phi) is 6.97. The highest BCUT2D eigenvalue weighted by Gasteiger charge is 2.17. The molecule has 0 heterocycles. The van der Waals surface area contributed by atoms with Gasteiger partial charge in [-0.05, 0) is 24.1 Å². The van der Waals surface area contributed by atoms with Gasteiger partial charge in [0.1, 0.15) is 18.4 Å². The van der Waals surface area contributed by atoms with Crippen molar-refractivity contribution in [2.45, 2.75) is 25.4 Å². The molecule has 1 atom stereocenters. The van der Waals surface area contributed by atoms with E-state index in [-0.39, 0.29) is 12.8 Å². The third-order valence-electron chi connectivity index (χ3n) is 2.79. The summed E-state index contributed by atoms with van der Waals surface area (Å²) in [5.74, 6) is -1.35. The Labute approximate surface area is 123 Å². The molecular formula is C15H19NO5. The molecule has 0 spiro atoms. The summed E-state index contributed by atoms with van der Waals surface area (Å²) in [5, 5.41) is 20.4. The topological polar surface area (TPSA) is 95.9 Å². The average Bonchev–Trinajstić information content (AvgIpc) is 2.45. The van der Waals surface area contributed by atoms with Crippen molar-refractivity contribution in [2.75, 3.05) is 6.61 Å². The van der Waals surface area contributed by atoms with Gasteiger partial charge in [-0.1, -0.05) is 24.8 Å². The molecule has 1 aromatic rings. The number of benzene rings is 1. The highest BCUT2D eigenvalue weighted by Crippen LogP contribution is 2.12. The highest BCUT2D eigenvalue weighted by molar-refractivity contribution is 5.75. The summed E-state index contributed by atoms with van der Waals surface area (Å²) >= 11 is 0. The lowest BCUT2D eigenvalue weighted by molar-refractivity contribution is -0.140. The maximum atomic E-state index is 11.0. The van der Waals surface area contributed by atoms with E-state index in [0.29, 0.717) is 18.9 Å². The first-order valence-corrected chi connectivity index (χ1v) is 6.53. The maximum absolute atomic E-state index is 11.0. The van der Waals surface area contributed by atoms with Crippen LogP contribution in [0.1, 0.15) is 18.4 Å². The molecule has 0 amide bonds. The summed E-state index contributed by atoms with van der Waals surface area (Å²) in [5.41, 5.74) is 0.891. The van der Waals surface area contributed by atoms with E-state index in [9.17, 15) is 9.59 Å². The van der Waals surface area contributed by atoms with Gasteiger partial charge in [0.25, 0.3) is 0 Å². The Morgan fingerprint density at radius 1 is 1.29 bits per heavy atom. The third kappa shape index (κ3) is 6.58. The van der Waals surface area contributed by atoms with E-state index < -0.39 is 18.0 Å². The summed E-state index contributed by atoms with van der Waals surface area (Å²) in [6.45, 7) is 4.33. The number of carbonyl (C=O) groups is 2. The van der Waals surface area contributed by atoms with Crippen LogP contribution < -0.4 is 10.1 Å². The molecule has 0 aromatic heterocycles. The smallest absolute Gasteiger partial charge is 0.320 e. The summed E-state index contributed by atoms with van der Waals surface area (Å²) in [6, 6.07) is 6.34. The van der Waals surface area contributed by atoms with Gasteiger partial charge in [0.2, 0.25) is 0 Å². The molecule has 114 valence electrons. The zero-order valence-electron chi connectivity index (χ0n) is 11.6. The first-order valence-electron chi connectivity index (χ1n) is 6.53. The highest BCUT2D eigenvalue weighted by atomic mass is 16.5. The van der Waals surface area contributed by atoms with E-state index in [2.05, 4.69) is 11.9 Å². The molecule has 0 unspecified atom stereocenters. The summed E-state index contributed by atoms with van der Waals surface area (Å²) in [4.78, 5) is 21.5. The third-order valence-corrected chi connectivity index (χ3v) is 2.79. The van der Waals surface area contributed by atoms with Crippen LogP contribution in [-0.2, 0) is 16.1 Å². The van der Waals surface area contributed by atoms with Gasteiger partial charge in [-0.2, -0.15) is 0 Å². The van der Waals surface area contributed by atoms with E-state index in [0.717, 1.165) is 5.56 Å². The van der Waals surface area contributed by atoms with Crippen LogP contribution in [0.3, 0.4) is 0 Å². The lowest BCUT2D eigenvalue weighted by Crippen LogP contribution is -2.36. The number of rotatable bonds is 10. The molecule has 0 aliphatic carbocycles. The van der Waals surface area contributed by atoms with Crippen LogP contribution >= 0.6 is 0 Å². The lowest BCUT2D eigenvalue weighted by atomic mass is 10.1. The predicted octanol–water partition coefficient (Wildman–Crippen LogP) is 1.66. The SMILES string of the molecule is C=CCOc1ccc(CN[C@@H](CCC(=O)O)C(=O)O)cc1. The van der Waals surface area contributed by atoms with Gasteiger partial charge in [0.15, 0.2) is 0 Å². The molecule has 6 nitrogen and oxygen atoms in total. The van der Waals surface area contributed by atoms with Gasteiger partial charge in [-0.25, -0.2) is 0 Å². The lowest BCUT2D eigenvalue weighted by Gasteiger charge is -2.13. The molecule has 0 saturated heterocycles. The van der Waals surface area contributed by atoms with Crippen LogP contribution in [0.5, 0.6) is 5.75 Å². The molecule has 0 bridgehead atoms. The van der Waals surface area contributed by atoms with Crippen molar-refractivity contribution >= 4 is 11.9 Å². The van der Waals surface area contributed by atoms with Crippen LogP contribution in [0.25, 0.3) is 0 Å². The second-order valence-corrected chi connectivity index (χ2v) is 4.45. The van der Waals surface area contributed by atoms with Gasteiger partial charge >= 0.3 is 11.9 Å². The second-order valence-electron chi connectivity index (χ2n) is 4.45. The molecule has 0 aliphatic heterocycles. The molecule has 3 N–H and O–H groups in total. The Balaban J connectivity index is 2.49. The van der Waals surface area contributed by atoms with Crippen molar-refractivity contribution in [3.63, 3.8) is 0 Å². The minimum Gasteiger partial charge on any atom is -0.490 e. The zero-order valence-corrected chi connectivity index (χ0v) is 11.6. The summed E-state index contributed by atoms with van der Waals surface area (Å²) in [7, 11) is 0. The van der Waals surface area contributed by atoms with Crippen LogP contribution in [-0.4, -0.2) is 34.8 Å². The van der Waals surface area contributed by atoms with Crippen molar-refractivity contribution < 1.29 is 24.5 Å². The van der Waals surface area contributed by atoms with Crippen molar-refractivity contribution in [1.29, 1.82) is 0 Å². The van der Waals surface area contributed by atoms with Gasteiger partial charge in [-0.15, -0.1) is 0 Å². The average molecular weight is 293 g/mol. The van der Waals surface area contributed by atoms with E-state index >= 15 is 0 Å². The minimum absolute atomic E-state index is 0.0468. The molecule has 0 radical (unpaired) electrons. The van der Waals surface area contributed by atoms with Crippen LogP contribution in [0.15, 0.2) is 36.9 Å². The number of ether oxygens (including phenoxy) is 1. The first-order chi connectivity index (χ1) is 10.0. The second kappa shape index (κ2) is 8.76. The van der Waals surface area contributed by atoms with Gasteiger partial charge in [0, 0.05) is 13.0 Å². The van der Waals surface area contributed by atoms with E-state index in [4.69, 9.17) is 14.9 Å². The molecular weight excluding hydrogens is 274 g/mol. The minimum atomic E-state index is -1.05.